The van der Waals surface area contributed by atoms with E-state index >= 15 is 0 Å². The van der Waals surface area contributed by atoms with Crippen molar-refractivity contribution in [3.05, 3.63) is 0 Å². The third kappa shape index (κ3) is 2.92. The van der Waals surface area contributed by atoms with Crippen molar-refractivity contribution in [2.45, 2.75) is 37.9 Å². The molecule has 1 fully saturated rings. The number of ether oxygens (including phenoxy) is 2. The fourth-order valence-electron chi connectivity index (χ4n) is 1.82. The predicted molar refractivity (Wildman–Crippen MR) is 54.1 cm³/mol. The van der Waals surface area contributed by atoms with Crippen LogP contribution in [0.2, 0.25) is 0 Å². The van der Waals surface area contributed by atoms with Gasteiger partial charge in [-0.3, -0.25) is 0 Å². The number of rotatable bonds is 7. The molecule has 0 radical (unpaired) electrons. The van der Waals surface area contributed by atoms with Gasteiger partial charge in [0, 0.05) is 39.2 Å². The van der Waals surface area contributed by atoms with E-state index in [1.165, 1.54) is 0 Å². The average Bonchev–Trinajstić information content (AvgIpc) is 2.14. The van der Waals surface area contributed by atoms with Gasteiger partial charge in [0.1, 0.15) is 0 Å². The van der Waals surface area contributed by atoms with Gasteiger partial charge in [0.15, 0.2) is 0 Å². The molecule has 84 valence electrons. The standard InChI is InChI=1S/C10H21NO3/c1-2-13-9-6-10(7-9,8-11)14-5-3-4-12/h9,12H,2-8,11H2,1H3. The summed E-state index contributed by atoms with van der Waals surface area (Å²) in [6.07, 6.45) is 2.78. The Bertz CT molecular complexity index is 152. The molecule has 0 atom stereocenters. The molecule has 0 heterocycles. The maximum Gasteiger partial charge on any atom is 0.0853 e. The molecular formula is C10H21NO3. The Morgan fingerprint density at radius 3 is 2.71 bits per heavy atom. The van der Waals surface area contributed by atoms with E-state index in [-0.39, 0.29) is 12.2 Å². The van der Waals surface area contributed by atoms with Gasteiger partial charge < -0.3 is 20.3 Å². The van der Waals surface area contributed by atoms with Gasteiger partial charge >= 0.3 is 0 Å². The first-order valence-electron chi connectivity index (χ1n) is 5.33. The lowest BCUT2D eigenvalue weighted by atomic mass is 9.77. The Balaban J connectivity index is 2.19. The topological polar surface area (TPSA) is 64.7 Å². The first-order valence-corrected chi connectivity index (χ1v) is 5.33. The second-order valence-corrected chi connectivity index (χ2v) is 3.80. The highest BCUT2D eigenvalue weighted by Crippen LogP contribution is 2.37. The van der Waals surface area contributed by atoms with E-state index in [1.54, 1.807) is 0 Å². The van der Waals surface area contributed by atoms with E-state index in [0.29, 0.717) is 25.7 Å². The van der Waals surface area contributed by atoms with E-state index in [4.69, 9.17) is 20.3 Å². The van der Waals surface area contributed by atoms with Crippen molar-refractivity contribution in [2.75, 3.05) is 26.4 Å². The summed E-state index contributed by atoms with van der Waals surface area (Å²) in [5.74, 6) is 0. The van der Waals surface area contributed by atoms with Gasteiger partial charge in [0.25, 0.3) is 0 Å². The van der Waals surface area contributed by atoms with Crippen molar-refractivity contribution in [2.24, 2.45) is 5.73 Å². The van der Waals surface area contributed by atoms with E-state index in [0.717, 1.165) is 19.4 Å². The van der Waals surface area contributed by atoms with Gasteiger partial charge in [-0.15, -0.1) is 0 Å². The van der Waals surface area contributed by atoms with Crippen LogP contribution < -0.4 is 5.73 Å². The van der Waals surface area contributed by atoms with Crippen molar-refractivity contribution >= 4 is 0 Å². The average molecular weight is 203 g/mol. The number of nitrogens with two attached hydrogens (primary N) is 1. The molecule has 1 aliphatic carbocycles. The lowest BCUT2D eigenvalue weighted by Gasteiger charge is -2.46. The first kappa shape index (κ1) is 11.9. The Hall–Kier alpha value is -0.160. The van der Waals surface area contributed by atoms with Gasteiger partial charge in [0.05, 0.1) is 11.7 Å². The van der Waals surface area contributed by atoms with Crippen LogP contribution in [0.3, 0.4) is 0 Å². The van der Waals surface area contributed by atoms with Crippen LogP contribution in [-0.2, 0) is 9.47 Å². The molecule has 14 heavy (non-hydrogen) atoms. The molecule has 1 rings (SSSR count). The maximum atomic E-state index is 8.63. The summed E-state index contributed by atoms with van der Waals surface area (Å²) >= 11 is 0. The zero-order chi connectivity index (χ0) is 10.4. The zero-order valence-electron chi connectivity index (χ0n) is 8.87. The third-order valence-corrected chi connectivity index (χ3v) is 2.68. The number of aliphatic hydroxyl groups excluding tert-OH is 1. The van der Waals surface area contributed by atoms with Crippen molar-refractivity contribution in [1.82, 2.24) is 0 Å². The van der Waals surface area contributed by atoms with E-state index in [1.807, 2.05) is 6.92 Å². The SMILES string of the molecule is CCOC1CC(CN)(OCCCO)C1. The monoisotopic (exact) mass is 203 g/mol. The number of hydrogen-bond donors (Lipinski definition) is 2. The third-order valence-electron chi connectivity index (χ3n) is 2.68. The second-order valence-electron chi connectivity index (χ2n) is 3.80. The fraction of sp³-hybridized carbons (Fsp3) is 1.00. The van der Waals surface area contributed by atoms with Crippen LogP contribution in [0.1, 0.15) is 26.2 Å². The molecule has 1 saturated carbocycles. The van der Waals surface area contributed by atoms with Crippen LogP contribution in [0.5, 0.6) is 0 Å². The fourth-order valence-corrected chi connectivity index (χ4v) is 1.82. The van der Waals surface area contributed by atoms with Gasteiger partial charge in [-0.25, -0.2) is 0 Å². The van der Waals surface area contributed by atoms with Gasteiger partial charge in [-0.2, -0.15) is 0 Å². The van der Waals surface area contributed by atoms with Crippen LogP contribution in [0, 0.1) is 0 Å². The van der Waals surface area contributed by atoms with Gasteiger partial charge in [-0.1, -0.05) is 0 Å². The molecule has 0 aromatic carbocycles. The van der Waals surface area contributed by atoms with Crippen molar-refractivity contribution in [1.29, 1.82) is 0 Å². The van der Waals surface area contributed by atoms with Gasteiger partial charge in [-0.05, 0) is 13.3 Å². The Kier molecular flexibility index (Phi) is 4.81. The smallest absolute Gasteiger partial charge is 0.0853 e. The molecule has 0 spiro atoms. The summed E-state index contributed by atoms with van der Waals surface area (Å²) in [5, 5.41) is 8.63. The quantitative estimate of drug-likeness (QED) is 0.583. The second kappa shape index (κ2) is 5.66. The molecule has 0 aromatic rings. The molecule has 0 unspecified atom stereocenters. The lowest BCUT2D eigenvalue weighted by molar-refractivity contribution is -0.166. The summed E-state index contributed by atoms with van der Waals surface area (Å²) in [4.78, 5) is 0. The van der Waals surface area contributed by atoms with Crippen molar-refractivity contribution in [3.63, 3.8) is 0 Å². The number of hydrogen-bond acceptors (Lipinski definition) is 4. The Morgan fingerprint density at radius 1 is 1.50 bits per heavy atom. The zero-order valence-corrected chi connectivity index (χ0v) is 8.87. The van der Waals surface area contributed by atoms with E-state index in [9.17, 15) is 0 Å². The minimum atomic E-state index is -0.172. The summed E-state index contributed by atoms with van der Waals surface area (Å²) in [7, 11) is 0. The molecule has 1 aliphatic rings. The Morgan fingerprint density at radius 2 is 2.21 bits per heavy atom. The van der Waals surface area contributed by atoms with Crippen molar-refractivity contribution in [3.8, 4) is 0 Å². The number of aliphatic hydroxyl groups is 1. The van der Waals surface area contributed by atoms with Crippen LogP contribution in [0.15, 0.2) is 0 Å². The summed E-state index contributed by atoms with van der Waals surface area (Å²) in [5.41, 5.74) is 5.49. The highest BCUT2D eigenvalue weighted by molar-refractivity contribution is 4.97. The molecule has 4 nitrogen and oxygen atoms in total. The highest BCUT2D eigenvalue weighted by Gasteiger charge is 2.44. The molecule has 0 saturated heterocycles. The molecule has 0 amide bonds. The molecule has 4 heteroatoms. The molecule has 3 N–H and O–H groups in total. The normalized spacial score (nSPS) is 31.5. The molecule has 0 aromatic heterocycles. The summed E-state index contributed by atoms with van der Waals surface area (Å²) < 4.78 is 11.1. The van der Waals surface area contributed by atoms with Gasteiger partial charge in [0.2, 0.25) is 0 Å². The van der Waals surface area contributed by atoms with E-state index in [2.05, 4.69) is 0 Å². The minimum Gasteiger partial charge on any atom is -0.396 e. The van der Waals surface area contributed by atoms with E-state index < -0.39 is 0 Å². The minimum absolute atomic E-state index is 0.172. The Labute approximate surface area is 85.4 Å². The van der Waals surface area contributed by atoms with Crippen LogP contribution in [-0.4, -0.2) is 43.2 Å². The molecular weight excluding hydrogens is 182 g/mol. The van der Waals surface area contributed by atoms with Crippen LogP contribution >= 0.6 is 0 Å². The highest BCUT2D eigenvalue weighted by atomic mass is 16.5. The maximum absolute atomic E-state index is 8.63. The first-order chi connectivity index (χ1) is 6.76. The summed E-state index contributed by atoms with van der Waals surface area (Å²) in [6, 6.07) is 0. The largest absolute Gasteiger partial charge is 0.396 e. The van der Waals surface area contributed by atoms with Crippen LogP contribution in [0.25, 0.3) is 0 Å². The predicted octanol–water partition coefficient (Wildman–Crippen LogP) is 0.282. The summed E-state index contributed by atoms with van der Waals surface area (Å²) in [6.45, 7) is 4.06. The molecule has 0 bridgehead atoms. The van der Waals surface area contributed by atoms with Crippen molar-refractivity contribution < 1.29 is 14.6 Å². The molecule has 0 aliphatic heterocycles. The van der Waals surface area contributed by atoms with Crippen LogP contribution in [0.4, 0.5) is 0 Å². The lowest BCUT2D eigenvalue weighted by Crippen LogP contribution is -2.55.